The smallest absolute Gasteiger partial charge is 0.325 e. The van der Waals surface area contributed by atoms with Gasteiger partial charge in [0.15, 0.2) is 0 Å². The van der Waals surface area contributed by atoms with Crippen LogP contribution in [0.25, 0.3) is 0 Å². The Morgan fingerprint density at radius 1 is 1.00 bits per heavy atom. The number of anilines is 1. The van der Waals surface area contributed by atoms with Crippen molar-refractivity contribution in [3.05, 3.63) is 65.7 Å². The molecule has 1 saturated heterocycles. The SMILES string of the molecule is CCCCc1ccc(NC(=O)CN2C(=O)N[C@@H](CCc3ccccc3)C2=O)cc1. The van der Waals surface area contributed by atoms with Gasteiger partial charge in [0.1, 0.15) is 12.6 Å². The predicted molar refractivity (Wildman–Crippen MR) is 112 cm³/mol. The summed E-state index contributed by atoms with van der Waals surface area (Å²) < 4.78 is 0. The molecule has 6 heteroatoms. The highest BCUT2D eigenvalue weighted by Crippen LogP contribution is 2.15. The lowest BCUT2D eigenvalue weighted by molar-refractivity contribution is -0.130. The number of imide groups is 1. The van der Waals surface area contributed by atoms with Gasteiger partial charge in [0.2, 0.25) is 5.91 Å². The molecule has 0 bridgehead atoms. The van der Waals surface area contributed by atoms with Gasteiger partial charge in [-0.25, -0.2) is 4.79 Å². The molecule has 6 nitrogen and oxygen atoms in total. The van der Waals surface area contributed by atoms with E-state index in [1.54, 1.807) is 0 Å². The molecule has 1 atom stereocenters. The van der Waals surface area contributed by atoms with Crippen molar-refractivity contribution in [3.8, 4) is 0 Å². The van der Waals surface area contributed by atoms with E-state index >= 15 is 0 Å². The number of rotatable bonds is 9. The molecule has 2 N–H and O–H groups in total. The van der Waals surface area contributed by atoms with Crippen LogP contribution in [-0.2, 0) is 22.4 Å². The van der Waals surface area contributed by atoms with Crippen LogP contribution in [0.1, 0.15) is 37.3 Å². The van der Waals surface area contributed by atoms with Crippen LogP contribution in [-0.4, -0.2) is 35.3 Å². The van der Waals surface area contributed by atoms with E-state index in [0.717, 1.165) is 29.7 Å². The highest BCUT2D eigenvalue weighted by Gasteiger charge is 2.38. The van der Waals surface area contributed by atoms with Gasteiger partial charge in [0, 0.05) is 5.69 Å². The van der Waals surface area contributed by atoms with Crippen molar-refractivity contribution in [1.29, 1.82) is 0 Å². The fraction of sp³-hybridized carbons (Fsp3) is 0.348. The number of benzene rings is 2. The highest BCUT2D eigenvalue weighted by atomic mass is 16.2. The molecule has 152 valence electrons. The van der Waals surface area contributed by atoms with Crippen molar-refractivity contribution >= 4 is 23.5 Å². The quantitative estimate of drug-likeness (QED) is 0.640. The van der Waals surface area contributed by atoms with Gasteiger partial charge >= 0.3 is 6.03 Å². The van der Waals surface area contributed by atoms with Gasteiger partial charge in [-0.05, 0) is 48.9 Å². The monoisotopic (exact) mass is 393 g/mol. The summed E-state index contributed by atoms with van der Waals surface area (Å²) in [6.07, 6.45) is 4.46. The highest BCUT2D eigenvalue weighted by molar-refractivity contribution is 6.07. The molecule has 1 aliphatic heterocycles. The lowest BCUT2D eigenvalue weighted by Gasteiger charge is -2.13. The van der Waals surface area contributed by atoms with Crippen molar-refractivity contribution in [1.82, 2.24) is 10.2 Å². The number of aryl methyl sites for hydroxylation is 2. The second-order valence-corrected chi connectivity index (χ2v) is 7.30. The first-order chi connectivity index (χ1) is 14.1. The molecule has 2 aromatic carbocycles. The first-order valence-electron chi connectivity index (χ1n) is 10.1. The third-order valence-corrected chi connectivity index (χ3v) is 5.03. The minimum Gasteiger partial charge on any atom is -0.326 e. The van der Waals surface area contributed by atoms with Crippen LogP contribution in [0.15, 0.2) is 54.6 Å². The molecule has 0 radical (unpaired) electrons. The van der Waals surface area contributed by atoms with Crippen molar-refractivity contribution in [2.75, 3.05) is 11.9 Å². The molecule has 0 unspecified atom stereocenters. The Balaban J connectivity index is 1.50. The van der Waals surface area contributed by atoms with Gasteiger partial charge in [0.05, 0.1) is 0 Å². The Hall–Kier alpha value is -3.15. The van der Waals surface area contributed by atoms with Crippen molar-refractivity contribution in [2.45, 2.75) is 45.1 Å². The lowest BCUT2D eigenvalue weighted by Crippen LogP contribution is -2.38. The number of carbonyl (C=O) groups is 3. The zero-order chi connectivity index (χ0) is 20.6. The van der Waals surface area contributed by atoms with Crippen LogP contribution in [0.4, 0.5) is 10.5 Å². The van der Waals surface area contributed by atoms with Gasteiger partial charge < -0.3 is 10.6 Å². The zero-order valence-corrected chi connectivity index (χ0v) is 16.7. The number of amides is 4. The maximum absolute atomic E-state index is 12.5. The second-order valence-electron chi connectivity index (χ2n) is 7.30. The molecule has 0 aliphatic carbocycles. The Kier molecular flexibility index (Phi) is 7.00. The summed E-state index contributed by atoms with van der Waals surface area (Å²) in [7, 11) is 0. The fourth-order valence-corrected chi connectivity index (χ4v) is 3.36. The van der Waals surface area contributed by atoms with Crippen LogP contribution < -0.4 is 10.6 Å². The van der Waals surface area contributed by atoms with Crippen LogP contribution in [0.3, 0.4) is 0 Å². The average molecular weight is 393 g/mol. The Morgan fingerprint density at radius 3 is 2.38 bits per heavy atom. The van der Waals surface area contributed by atoms with E-state index in [-0.39, 0.29) is 12.5 Å². The molecule has 4 amide bonds. The summed E-state index contributed by atoms with van der Waals surface area (Å²) in [5, 5.41) is 5.43. The minimum absolute atomic E-state index is 0.288. The molecule has 2 aromatic rings. The molecule has 1 aliphatic rings. The van der Waals surface area contributed by atoms with Gasteiger partial charge in [0.25, 0.3) is 5.91 Å². The number of hydrogen-bond acceptors (Lipinski definition) is 3. The molecule has 1 heterocycles. The number of hydrogen-bond donors (Lipinski definition) is 2. The summed E-state index contributed by atoms with van der Waals surface area (Å²) in [5.41, 5.74) is 2.98. The summed E-state index contributed by atoms with van der Waals surface area (Å²) >= 11 is 0. The van der Waals surface area contributed by atoms with Gasteiger partial charge in [-0.15, -0.1) is 0 Å². The largest absolute Gasteiger partial charge is 0.326 e. The van der Waals surface area contributed by atoms with E-state index in [9.17, 15) is 14.4 Å². The molecule has 0 aromatic heterocycles. The summed E-state index contributed by atoms with van der Waals surface area (Å²) in [5.74, 6) is -0.741. The summed E-state index contributed by atoms with van der Waals surface area (Å²) in [6, 6.07) is 16.3. The maximum Gasteiger partial charge on any atom is 0.325 e. The van der Waals surface area contributed by atoms with Crippen LogP contribution in [0.5, 0.6) is 0 Å². The summed E-state index contributed by atoms with van der Waals surface area (Å²) in [6.45, 7) is 1.86. The van der Waals surface area contributed by atoms with Crippen molar-refractivity contribution in [2.24, 2.45) is 0 Å². The van der Waals surface area contributed by atoms with Crippen molar-refractivity contribution < 1.29 is 14.4 Å². The fourth-order valence-electron chi connectivity index (χ4n) is 3.36. The average Bonchev–Trinajstić information content (AvgIpc) is 3.00. The van der Waals surface area contributed by atoms with E-state index in [4.69, 9.17) is 0 Å². The normalized spacial score (nSPS) is 16.0. The van der Waals surface area contributed by atoms with E-state index in [1.807, 2.05) is 54.6 Å². The first kappa shape index (κ1) is 20.6. The molecule has 29 heavy (non-hydrogen) atoms. The van der Waals surface area contributed by atoms with Gasteiger partial charge in [-0.2, -0.15) is 0 Å². The molecule has 0 saturated carbocycles. The first-order valence-corrected chi connectivity index (χ1v) is 10.1. The molecule has 1 fully saturated rings. The minimum atomic E-state index is -0.589. The van der Waals surface area contributed by atoms with Crippen LogP contribution in [0, 0.1) is 0 Å². The third kappa shape index (κ3) is 5.67. The lowest BCUT2D eigenvalue weighted by atomic mass is 10.1. The van der Waals surface area contributed by atoms with Gasteiger partial charge in [-0.1, -0.05) is 55.8 Å². The van der Waals surface area contributed by atoms with Crippen LogP contribution in [0.2, 0.25) is 0 Å². The number of unbranched alkanes of at least 4 members (excludes halogenated alkanes) is 1. The van der Waals surface area contributed by atoms with E-state index in [0.29, 0.717) is 18.5 Å². The van der Waals surface area contributed by atoms with Crippen LogP contribution >= 0.6 is 0 Å². The van der Waals surface area contributed by atoms with E-state index < -0.39 is 18.0 Å². The van der Waals surface area contributed by atoms with E-state index in [2.05, 4.69) is 17.6 Å². The van der Waals surface area contributed by atoms with Gasteiger partial charge in [-0.3, -0.25) is 14.5 Å². The van der Waals surface area contributed by atoms with E-state index in [1.165, 1.54) is 5.56 Å². The number of nitrogens with one attached hydrogen (secondary N) is 2. The Morgan fingerprint density at radius 2 is 1.69 bits per heavy atom. The zero-order valence-electron chi connectivity index (χ0n) is 16.7. The molecule has 3 rings (SSSR count). The Labute approximate surface area is 171 Å². The Bertz CT molecular complexity index is 849. The number of nitrogens with zero attached hydrogens (tertiary/aromatic N) is 1. The molecular formula is C23H27N3O3. The molecule has 0 spiro atoms. The second kappa shape index (κ2) is 9.87. The number of urea groups is 1. The maximum atomic E-state index is 12.5. The predicted octanol–water partition coefficient (Wildman–Crippen LogP) is 3.52. The standard InChI is InChI=1S/C23H27N3O3/c1-2-3-7-18-10-13-19(14-11-18)24-21(27)16-26-22(28)20(25-23(26)29)15-12-17-8-5-4-6-9-17/h4-6,8-11,13-14,20H,2-3,7,12,15-16H2,1H3,(H,24,27)(H,25,29)/t20-/m0/s1. The number of carbonyl (C=O) groups excluding carboxylic acids is 3. The summed E-state index contributed by atoms with van der Waals surface area (Å²) in [4.78, 5) is 38.0. The molecular weight excluding hydrogens is 366 g/mol. The van der Waals surface area contributed by atoms with Crippen molar-refractivity contribution in [3.63, 3.8) is 0 Å². The topological polar surface area (TPSA) is 78.5 Å². The third-order valence-electron chi connectivity index (χ3n) is 5.03.